The number of aryl methyl sites for hydroxylation is 1. The van der Waals surface area contributed by atoms with E-state index in [0.29, 0.717) is 17.8 Å². The van der Waals surface area contributed by atoms with Crippen molar-refractivity contribution in [1.29, 1.82) is 0 Å². The zero-order valence-corrected chi connectivity index (χ0v) is 12.6. The van der Waals surface area contributed by atoms with Crippen molar-refractivity contribution in [3.8, 4) is 0 Å². The minimum atomic E-state index is -0.457. The Labute approximate surface area is 129 Å². The lowest BCUT2D eigenvalue weighted by Crippen LogP contribution is -2.32. The number of amides is 2. The normalized spacial score (nSPS) is 17.8. The summed E-state index contributed by atoms with van der Waals surface area (Å²) in [6.45, 7) is 3.07. The van der Waals surface area contributed by atoms with Crippen LogP contribution < -0.4 is 10.6 Å². The van der Waals surface area contributed by atoms with Gasteiger partial charge in [-0.3, -0.25) is 10.1 Å². The number of carbonyl (C=O) groups is 1. The fraction of sp³-hybridized carbons (Fsp3) is 0.533. The molecule has 1 aromatic carbocycles. The van der Waals surface area contributed by atoms with Gasteiger partial charge in [0.15, 0.2) is 0 Å². The summed E-state index contributed by atoms with van der Waals surface area (Å²) >= 11 is 0. The summed E-state index contributed by atoms with van der Waals surface area (Å²) in [5, 5.41) is 16.2. The van der Waals surface area contributed by atoms with E-state index in [1.807, 2.05) is 0 Å². The molecular weight excluding hydrogens is 286 g/mol. The van der Waals surface area contributed by atoms with Gasteiger partial charge in [0, 0.05) is 31.0 Å². The molecular formula is C15H21N3O4. The quantitative estimate of drug-likeness (QED) is 0.646. The lowest BCUT2D eigenvalue weighted by atomic mass is 10.1. The van der Waals surface area contributed by atoms with E-state index in [1.165, 1.54) is 24.6 Å². The molecule has 0 spiro atoms. The largest absolute Gasteiger partial charge is 0.378 e. The Morgan fingerprint density at radius 1 is 1.45 bits per heavy atom. The molecule has 1 aliphatic rings. The first-order valence-electron chi connectivity index (χ1n) is 7.48. The molecule has 1 aliphatic heterocycles. The second-order valence-corrected chi connectivity index (χ2v) is 5.41. The summed E-state index contributed by atoms with van der Waals surface area (Å²) in [5.74, 6) is 0. The number of hydrogen-bond donors (Lipinski definition) is 2. The Kier molecular flexibility index (Phi) is 5.71. The summed E-state index contributed by atoms with van der Waals surface area (Å²) in [7, 11) is 0. The summed E-state index contributed by atoms with van der Waals surface area (Å²) in [6, 6.07) is 4.04. The van der Waals surface area contributed by atoms with Crippen LogP contribution in [-0.4, -0.2) is 30.2 Å². The van der Waals surface area contributed by atoms with Crippen LogP contribution in [0.5, 0.6) is 0 Å². The number of nitrogens with one attached hydrogen (secondary N) is 2. The molecule has 22 heavy (non-hydrogen) atoms. The van der Waals surface area contributed by atoms with E-state index in [2.05, 4.69) is 10.6 Å². The number of anilines is 1. The maximum Gasteiger partial charge on any atom is 0.319 e. The third kappa shape index (κ3) is 4.70. The van der Waals surface area contributed by atoms with Gasteiger partial charge in [0.05, 0.1) is 11.0 Å². The highest BCUT2D eigenvalue weighted by Gasteiger charge is 2.14. The average molecular weight is 307 g/mol. The minimum absolute atomic E-state index is 0.0119. The van der Waals surface area contributed by atoms with Gasteiger partial charge >= 0.3 is 6.03 Å². The predicted molar refractivity (Wildman–Crippen MR) is 83.1 cm³/mol. The first-order chi connectivity index (χ1) is 10.6. The highest BCUT2D eigenvalue weighted by Crippen LogP contribution is 2.21. The summed E-state index contributed by atoms with van der Waals surface area (Å²) in [4.78, 5) is 22.0. The molecule has 1 atom stereocenters. The van der Waals surface area contributed by atoms with Crippen LogP contribution in [0.4, 0.5) is 16.2 Å². The van der Waals surface area contributed by atoms with Crippen LogP contribution in [0.1, 0.15) is 31.2 Å². The van der Waals surface area contributed by atoms with Crippen molar-refractivity contribution in [3.63, 3.8) is 0 Å². The van der Waals surface area contributed by atoms with Gasteiger partial charge in [-0.25, -0.2) is 4.79 Å². The molecule has 0 unspecified atom stereocenters. The number of nitro benzene ring substituents is 1. The van der Waals surface area contributed by atoms with E-state index in [4.69, 9.17) is 4.74 Å². The number of ether oxygens (including phenoxy) is 1. The van der Waals surface area contributed by atoms with Crippen LogP contribution in [0.3, 0.4) is 0 Å². The maximum absolute atomic E-state index is 11.8. The minimum Gasteiger partial charge on any atom is -0.378 e. The van der Waals surface area contributed by atoms with E-state index in [0.717, 1.165) is 25.9 Å². The van der Waals surface area contributed by atoms with Gasteiger partial charge in [-0.1, -0.05) is 0 Å². The number of nitro groups is 1. The number of carbonyl (C=O) groups excluding carboxylic acids is 1. The number of nitrogens with zero attached hydrogens (tertiary/aromatic N) is 1. The van der Waals surface area contributed by atoms with Crippen molar-refractivity contribution in [2.24, 2.45) is 0 Å². The fourth-order valence-corrected chi connectivity index (χ4v) is 2.45. The highest BCUT2D eigenvalue weighted by atomic mass is 16.6. The first kappa shape index (κ1) is 16.2. The number of urea groups is 1. The Morgan fingerprint density at radius 3 is 2.91 bits per heavy atom. The van der Waals surface area contributed by atoms with Crippen LogP contribution in [0, 0.1) is 17.0 Å². The molecule has 1 aromatic rings. The van der Waals surface area contributed by atoms with Crippen LogP contribution in [-0.2, 0) is 4.74 Å². The van der Waals surface area contributed by atoms with Gasteiger partial charge < -0.3 is 15.4 Å². The number of hydrogen-bond acceptors (Lipinski definition) is 4. The lowest BCUT2D eigenvalue weighted by molar-refractivity contribution is -0.384. The Balaban J connectivity index is 1.77. The Bertz CT molecular complexity index is 542. The van der Waals surface area contributed by atoms with Crippen molar-refractivity contribution in [3.05, 3.63) is 33.9 Å². The van der Waals surface area contributed by atoms with Gasteiger partial charge in [-0.05, 0) is 44.2 Å². The zero-order valence-electron chi connectivity index (χ0n) is 12.6. The molecule has 0 aliphatic carbocycles. The molecule has 0 radical (unpaired) electrons. The average Bonchev–Trinajstić information content (AvgIpc) is 2.50. The molecule has 1 saturated heterocycles. The third-order valence-electron chi connectivity index (χ3n) is 3.69. The molecule has 7 heteroatoms. The topological polar surface area (TPSA) is 93.5 Å². The van der Waals surface area contributed by atoms with Crippen LogP contribution in [0.25, 0.3) is 0 Å². The molecule has 2 N–H and O–H groups in total. The maximum atomic E-state index is 11.8. The Hall–Kier alpha value is -2.15. The van der Waals surface area contributed by atoms with E-state index in [1.54, 1.807) is 6.92 Å². The first-order valence-corrected chi connectivity index (χ1v) is 7.48. The van der Waals surface area contributed by atoms with Gasteiger partial charge in [0.25, 0.3) is 5.69 Å². The standard InChI is InChI=1S/C15H21N3O4/c1-11-10-12(18(20)21)5-6-14(11)17-15(19)16-8-7-13-4-2-3-9-22-13/h5-6,10,13H,2-4,7-9H2,1H3,(H2,16,17,19)/t13-/m1/s1. The third-order valence-corrected chi connectivity index (χ3v) is 3.69. The van der Waals surface area contributed by atoms with E-state index >= 15 is 0 Å². The van der Waals surface area contributed by atoms with Gasteiger partial charge in [-0.2, -0.15) is 0 Å². The Morgan fingerprint density at radius 2 is 2.27 bits per heavy atom. The zero-order chi connectivity index (χ0) is 15.9. The molecule has 2 amide bonds. The second kappa shape index (κ2) is 7.74. The van der Waals surface area contributed by atoms with E-state index < -0.39 is 4.92 Å². The van der Waals surface area contributed by atoms with Crippen molar-refractivity contribution in [2.75, 3.05) is 18.5 Å². The van der Waals surface area contributed by atoms with Crippen LogP contribution in [0.2, 0.25) is 0 Å². The van der Waals surface area contributed by atoms with Crippen LogP contribution in [0.15, 0.2) is 18.2 Å². The number of benzene rings is 1. The van der Waals surface area contributed by atoms with Gasteiger partial charge in [0.2, 0.25) is 0 Å². The molecule has 1 heterocycles. The van der Waals surface area contributed by atoms with Crippen molar-refractivity contribution >= 4 is 17.4 Å². The van der Waals surface area contributed by atoms with Crippen molar-refractivity contribution in [1.82, 2.24) is 5.32 Å². The van der Waals surface area contributed by atoms with E-state index in [9.17, 15) is 14.9 Å². The van der Waals surface area contributed by atoms with Crippen molar-refractivity contribution < 1.29 is 14.5 Å². The molecule has 2 rings (SSSR count). The van der Waals surface area contributed by atoms with Gasteiger partial charge in [-0.15, -0.1) is 0 Å². The van der Waals surface area contributed by atoms with Crippen LogP contribution >= 0.6 is 0 Å². The predicted octanol–water partition coefficient (Wildman–Crippen LogP) is 2.98. The molecule has 120 valence electrons. The second-order valence-electron chi connectivity index (χ2n) is 5.41. The molecule has 0 saturated carbocycles. The monoisotopic (exact) mass is 307 g/mol. The van der Waals surface area contributed by atoms with E-state index in [-0.39, 0.29) is 17.8 Å². The SMILES string of the molecule is Cc1cc([N+](=O)[O-])ccc1NC(=O)NCC[C@H]1CCCCO1. The molecule has 7 nitrogen and oxygen atoms in total. The van der Waals surface area contributed by atoms with Gasteiger partial charge in [0.1, 0.15) is 0 Å². The molecule has 0 aromatic heterocycles. The summed E-state index contributed by atoms with van der Waals surface area (Å²) < 4.78 is 5.60. The van der Waals surface area contributed by atoms with Crippen molar-refractivity contribution in [2.45, 2.75) is 38.7 Å². The number of non-ortho nitro benzene ring substituents is 1. The fourth-order valence-electron chi connectivity index (χ4n) is 2.45. The molecule has 0 bridgehead atoms. The smallest absolute Gasteiger partial charge is 0.319 e. The summed E-state index contributed by atoms with van der Waals surface area (Å²) in [5.41, 5.74) is 1.23. The lowest BCUT2D eigenvalue weighted by Gasteiger charge is -2.22. The summed E-state index contributed by atoms with van der Waals surface area (Å²) in [6.07, 6.45) is 4.37. The number of rotatable bonds is 5. The molecule has 1 fully saturated rings. The highest BCUT2D eigenvalue weighted by molar-refractivity contribution is 5.90.